The number of hydrogen-bond acceptors (Lipinski definition) is 3. The summed E-state index contributed by atoms with van der Waals surface area (Å²) >= 11 is 0. The fourth-order valence-electron chi connectivity index (χ4n) is 1.88. The molecule has 0 spiro atoms. The molecule has 1 aliphatic rings. The average molecular weight is 216 g/mol. The first-order valence-electron chi connectivity index (χ1n) is 5.54. The molecule has 1 aliphatic heterocycles. The Hall–Kier alpha value is -1.53. The molecule has 1 saturated heterocycles. The van der Waals surface area contributed by atoms with Crippen LogP contribution in [-0.4, -0.2) is 25.8 Å². The van der Waals surface area contributed by atoms with E-state index in [4.69, 9.17) is 10.00 Å². The first-order valence-corrected chi connectivity index (χ1v) is 5.54. The molecule has 0 bridgehead atoms. The third kappa shape index (κ3) is 2.17. The molecule has 3 heteroatoms. The molecule has 0 saturated carbocycles. The molecular formula is C13H16N2O. The summed E-state index contributed by atoms with van der Waals surface area (Å²) in [7, 11) is 0. The molecule has 1 aromatic rings. The molecule has 0 radical (unpaired) electrons. The summed E-state index contributed by atoms with van der Waals surface area (Å²) in [6, 6.07) is 8.58. The van der Waals surface area contributed by atoms with Crippen LogP contribution in [0.5, 0.6) is 0 Å². The molecule has 0 amide bonds. The maximum atomic E-state index is 8.85. The molecule has 2 rings (SSSR count). The van der Waals surface area contributed by atoms with Crippen LogP contribution in [0, 0.1) is 25.2 Å². The summed E-state index contributed by atoms with van der Waals surface area (Å²) in [4.78, 5) is 2.21. The molecule has 1 unspecified atom stereocenters. The summed E-state index contributed by atoms with van der Waals surface area (Å²) in [6.07, 6.45) is -0.296. The smallest absolute Gasteiger partial charge is 0.161 e. The maximum Gasteiger partial charge on any atom is 0.161 e. The predicted molar refractivity (Wildman–Crippen MR) is 63.5 cm³/mol. The van der Waals surface area contributed by atoms with Crippen LogP contribution in [0.15, 0.2) is 18.2 Å². The van der Waals surface area contributed by atoms with E-state index in [0.29, 0.717) is 13.2 Å². The Morgan fingerprint density at radius 1 is 1.38 bits per heavy atom. The average Bonchev–Trinajstić information content (AvgIpc) is 2.33. The molecule has 84 valence electrons. The second-order valence-corrected chi connectivity index (χ2v) is 4.20. The molecule has 1 aromatic carbocycles. The lowest BCUT2D eigenvalue weighted by atomic mass is 10.1. The molecule has 1 fully saturated rings. The zero-order valence-electron chi connectivity index (χ0n) is 9.73. The van der Waals surface area contributed by atoms with E-state index < -0.39 is 0 Å². The van der Waals surface area contributed by atoms with Gasteiger partial charge < -0.3 is 9.64 Å². The van der Waals surface area contributed by atoms with Gasteiger partial charge >= 0.3 is 0 Å². The summed E-state index contributed by atoms with van der Waals surface area (Å²) in [6.45, 7) is 6.38. The van der Waals surface area contributed by atoms with Gasteiger partial charge in [-0.2, -0.15) is 5.26 Å². The van der Waals surface area contributed by atoms with Crippen LogP contribution in [0.1, 0.15) is 11.1 Å². The molecule has 0 aromatic heterocycles. The molecule has 16 heavy (non-hydrogen) atoms. The van der Waals surface area contributed by atoms with E-state index in [-0.39, 0.29) is 6.10 Å². The summed E-state index contributed by atoms with van der Waals surface area (Å²) in [5.41, 5.74) is 3.78. The number of nitrogens with zero attached hydrogens (tertiary/aromatic N) is 2. The lowest BCUT2D eigenvalue weighted by Crippen LogP contribution is -2.41. The SMILES string of the molecule is Cc1ccc(N2CCOC(C#N)C2)cc1C. The highest BCUT2D eigenvalue weighted by Gasteiger charge is 2.20. The Bertz CT molecular complexity index is 422. The minimum Gasteiger partial charge on any atom is -0.366 e. The van der Waals surface area contributed by atoms with Crippen LogP contribution in [-0.2, 0) is 4.74 Å². The number of hydrogen-bond donors (Lipinski definition) is 0. The van der Waals surface area contributed by atoms with Gasteiger partial charge in [-0.15, -0.1) is 0 Å². The van der Waals surface area contributed by atoms with Crippen molar-refractivity contribution in [3.63, 3.8) is 0 Å². The minimum atomic E-state index is -0.296. The van der Waals surface area contributed by atoms with Crippen molar-refractivity contribution >= 4 is 5.69 Å². The Kier molecular flexibility index (Phi) is 3.12. The van der Waals surface area contributed by atoms with Crippen molar-refractivity contribution in [1.29, 1.82) is 5.26 Å². The molecule has 1 heterocycles. The summed E-state index contributed by atoms with van der Waals surface area (Å²) in [5.74, 6) is 0. The van der Waals surface area contributed by atoms with Crippen molar-refractivity contribution in [2.24, 2.45) is 0 Å². The fraction of sp³-hybridized carbons (Fsp3) is 0.462. The first-order chi connectivity index (χ1) is 7.70. The van der Waals surface area contributed by atoms with Gasteiger partial charge in [-0.25, -0.2) is 0 Å². The van der Waals surface area contributed by atoms with Crippen molar-refractivity contribution < 1.29 is 4.74 Å². The van der Waals surface area contributed by atoms with E-state index in [0.717, 1.165) is 6.54 Å². The molecule has 0 N–H and O–H groups in total. The molecule has 0 aliphatic carbocycles. The van der Waals surface area contributed by atoms with E-state index in [2.05, 4.69) is 43.0 Å². The van der Waals surface area contributed by atoms with Crippen LogP contribution in [0.2, 0.25) is 0 Å². The summed E-state index contributed by atoms with van der Waals surface area (Å²) < 4.78 is 5.33. The third-order valence-electron chi connectivity index (χ3n) is 3.07. The van der Waals surface area contributed by atoms with Gasteiger partial charge in [-0.1, -0.05) is 6.07 Å². The van der Waals surface area contributed by atoms with Crippen molar-refractivity contribution in [3.05, 3.63) is 29.3 Å². The Morgan fingerprint density at radius 2 is 2.19 bits per heavy atom. The van der Waals surface area contributed by atoms with Crippen molar-refractivity contribution in [1.82, 2.24) is 0 Å². The van der Waals surface area contributed by atoms with Gasteiger partial charge in [-0.05, 0) is 37.1 Å². The number of aryl methyl sites for hydroxylation is 2. The van der Waals surface area contributed by atoms with Crippen molar-refractivity contribution in [2.45, 2.75) is 20.0 Å². The lowest BCUT2D eigenvalue weighted by Gasteiger charge is -2.31. The van der Waals surface area contributed by atoms with Crippen LogP contribution in [0.3, 0.4) is 0 Å². The maximum absolute atomic E-state index is 8.85. The van der Waals surface area contributed by atoms with Crippen molar-refractivity contribution in [2.75, 3.05) is 24.6 Å². The second-order valence-electron chi connectivity index (χ2n) is 4.20. The van der Waals surface area contributed by atoms with E-state index in [9.17, 15) is 0 Å². The van der Waals surface area contributed by atoms with E-state index >= 15 is 0 Å². The van der Waals surface area contributed by atoms with Gasteiger partial charge in [0.25, 0.3) is 0 Å². The van der Waals surface area contributed by atoms with Crippen LogP contribution in [0.4, 0.5) is 5.69 Å². The molecule has 1 atom stereocenters. The standard InChI is InChI=1S/C13H16N2O/c1-10-3-4-12(7-11(10)2)15-5-6-16-13(8-14)9-15/h3-4,7,13H,5-6,9H2,1-2H3. The monoisotopic (exact) mass is 216 g/mol. The highest BCUT2D eigenvalue weighted by molar-refractivity contribution is 5.51. The van der Waals surface area contributed by atoms with Gasteiger partial charge in [-0.3, -0.25) is 0 Å². The third-order valence-corrected chi connectivity index (χ3v) is 3.07. The number of rotatable bonds is 1. The van der Waals surface area contributed by atoms with E-state index in [1.54, 1.807) is 0 Å². The van der Waals surface area contributed by atoms with Gasteiger partial charge in [0.1, 0.15) is 0 Å². The van der Waals surface area contributed by atoms with E-state index in [1.807, 2.05) is 0 Å². The minimum absolute atomic E-state index is 0.296. The van der Waals surface area contributed by atoms with Crippen molar-refractivity contribution in [3.8, 4) is 6.07 Å². The normalized spacial score (nSPS) is 20.6. The summed E-state index contributed by atoms with van der Waals surface area (Å²) in [5, 5.41) is 8.85. The fourth-order valence-corrected chi connectivity index (χ4v) is 1.88. The second kappa shape index (κ2) is 4.54. The lowest BCUT2D eigenvalue weighted by molar-refractivity contribution is 0.0764. The first kappa shape index (κ1) is 11.0. The van der Waals surface area contributed by atoms with Gasteiger partial charge in [0.2, 0.25) is 0 Å². The number of nitriles is 1. The zero-order chi connectivity index (χ0) is 11.5. The predicted octanol–water partition coefficient (Wildman–Crippen LogP) is 2.03. The van der Waals surface area contributed by atoms with Gasteiger partial charge in [0.15, 0.2) is 6.10 Å². The molecule has 3 nitrogen and oxygen atoms in total. The van der Waals surface area contributed by atoms with Crippen LogP contribution in [0.25, 0.3) is 0 Å². The van der Waals surface area contributed by atoms with Crippen LogP contribution < -0.4 is 4.90 Å². The largest absolute Gasteiger partial charge is 0.366 e. The Morgan fingerprint density at radius 3 is 2.88 bits per heavy atom. The van der Waals surface area contributed by atoms with Gasteiger partial charge in [0, 0.05) is 12.2 Å². The van der Waals surface area contributed by atoms with Crippen LogP contribution >= 0.6 is 0 Å². The highest BCUT2D eigenvalue weighted by Crippen LogP contribution is 2.20. The highest BCUT2D eigenvalue weighted by atomic mass is 16.5. The zero-order valence-corrected chi connectivity index (χ0v) is 9.73. The number of benzene rings is 1. The number of ether oxygens (including phenoxy) is 1. The Balaban J connectivity index is 2.17. The topological polar surface area (TPSA) is 36.3 Å². The molecular weight excluding hydrogens is 200 g/mol. The van der Waals surface area contributed by atoms with E-state index in [1.165, 1.54) is 16.8 Å². The van der Waals surface area contributed by atoms with Gasteiger partial charge in [0.05, 0.1) is 19.2 Å². The Labute approximate surface area is 96.2 Å². The number of anilines is 1. The quantitative estimate of drug-likeness (QED) is 0.720. The number of morpholine rings is 1.